The Bertz CT molecular complexity index is 427. The quantitative estimate of drug-likeness (QED) is 0.813. The molecule has 1 N–H and O–H groups in total. The number of rotatable bonds is 6. The van der Waals surface area contributed by atoms with E-state index in [1.807, 2.05) is 0 Å². The maximum atomic E-state index is 12.9. The van der Waals surface area contributed by atoms with Crippen LogP contribution in [0.4, 0.5) is 4.39 Å². The molecule has 110 valence electrons. The summed E-state index contributed by atoms with van der Waals surface area (Å²) in [6.45, 7) is 0.651. The number of ether oxygens (including phenoxy) is 1. The van der Waals surface area contributed by atoms with Gasteiger partial charge < -0.3 is 10.1 Å². The van der Waals surface area contributed by atoms with Crippen molar-refractivity contribution in [3.05, 3.63) is 35.6 Å². The van der Waals surface area contributed by atoms with Gasteiger partial charge in [-0.3, -0.25) is 4.79 Å². The summed E-state index contributed by atoms with van der Waals surface area (Å²) in [6, 6.07) is 6.61. The Hall–Kier alpha value is -1.42. The van der Waals surface area contributed by atoms with Crippen molar-refractivity contribution in [1.29, 1.82) is 0 Å². The van der Waals surface area contributed by atoms with Gasteiger partial charge in [-0.15, -0.1) is 0 Å². The number of nitrogens with one attached hydrogen (secondary N) is 1. The van der Waals surface area contributed by atoms with Gasteiger partial charge in [-0.05, 0) is 36.5 Å². The summed E-state index contributed by atoms with van der Waals surface area (Å²) in [5.74, 6) is 0.138. The van der Waals surface area contributed by atoms with Crippen molar-refractivity contribution in [2.45, 2.75) is 44.7 Å². The second kappa shape index (κ2) is 7.39. The van der Waals surface area contributed by atoms with E-state index in [9.17, 15) is 9.18 Å². The summed E-state index contributed by atoms with van der Waals surface area (Å²) in [6.07, 6.45) is 5.21. The minimum Gasteiger partial charge on any atom is -0.469 e. The molecule has 0 spiro atoms. The molecule has 1 aromatic carbocycles. The average molecular weight is 279 g/mol. The molecule has 2 rings (SSSR count). The summed E-state index contributed by atoms with van der Waals surface area (Å²) in [5.41, 5.74) is 1.03. The van der Waals surface area contributed by atoms with E-state index in [0.717, 1.165) is 18.4 Å². The smallest absolute Gasteiger partial charge is 0.307 e. The SMILES string of the molecule is COC(=O)CC(NCc1ccc(F)cc1)C1CCCC1. The van der Waals surface area contributed by atoms with Crippen molar-refractivity contribution in [3.8, 4) is 0 Å². The molecule has 1 unspecified atom stereocenters. The van der Waals surface area contributed by atoms with E-state index in [-0.39, 0.29) is 17.8 Å². The maximum Gasteiger partial charge on any atom is 0.307 e. The number of esters is 1. The molecule has 4 heteroatoms. The zero-order valence-electron chi connectivity index (χ0n) is 11.9. The molecule has 0 heterocycles. The predicted octanol–water partition coefficient (Wildman–Crippen LogP) is 3.04. The molecule has 0 saturated heterocycles. The standard InChI is InChI=1S/C16H22FNO2/c1-20-16(19)10-15(13-4-2-3-5-13)18-11-12-6-8-14(17)9-7-12/h6-9,13,15,18H,2-5,10-11H2,1H3. The number of hydrogen-bond acceptors (Lipinski definition) is 3. The van der Waals surface area contributed by atoms with Gasteiger partial charge in [-0.25, -0.2) is 4.39 Å². The van der Waals surface area contributed by atoms with Gasteiger partial charge >= 0.3 is 5.97 Å². The largest absolute Gasteiger partial charge is 0.469 e. The highest BCUT2D eigenvalue weighted by molar-refractivity contribution is 5.70. The van der Waals surface area contributed by atoms with Crippen LogP contribution < -0.4 is 5.32 Å². The fraction of sp³-hybridized carbons (Fsp3) is 0.562. The molecule has 1 saturated carbocycles. The van der Waals surface area contributed by atoms with Crippen LogP contribution in [0, 0.1) is 11.7 Å². The van der Waals surface area contributed by atoms with E-state index >= 15 is 0 Å². The van der Waals surface area contributed by atoms with Gasteiger partial charge in [0.05, 0.1) is 13.5 Å². The van der Waals surface area contributed by atoms with E-state index in [1.165, 1.54) is 32.1 Å². The molecule has 20 heavy (non-hydrogen) atoms. The first-order chi connectivity index (χ1) is 9.69. The van der Waals surface area contributed by atoms with Gasteiger partial charge in [-0.2, -0.15) is 0 Å². The first-order valence-electron chi connectivity index (χ1n) is 7.23. The Morgan fingerprint density at radius 2 is 2.00 bits per heavy atom. The molecule has 0 radical (unpaired) electrons. The lowest BCUT2D eigenvalue weighted by molar-refractivity contribution is -0.141. The molecule has 1 aromatic rings. The molecular formula is C16H22FNO2. The van der Waals surface area contributed by atoms with Gasteiger partial charge in [0.25, 0.3) is 0 Å². The summed E-state index contributed by atoms with van der Waals surface area (Å²) < 4.78 is 17.6. The number of carbonyl (C=O) groups is 1. The fourth-order valence-corrected chi connectivity index (χ4v) is 2.88. The lowest BCUT2D eigenvalue weighted by Crippen LogP contribution is -2.37. The highest BCUT2D eigenvalue weighted by Gasteiger charge is 2.26. The van der Waals surface area contributed by atoms with Crippen LogP contribution in [0.2, 0.25) is 0 Å². The topological polar surface area (TPSA) is 38.3 Å². The number of hydrogen-bond donors (Lipinski definition) is 1. The van der Waals surface area contributed by atoms with Crippen molar-refractivity contribution in [2.75, 3.05) is 7.11 Å². The van der Waals surface area contributed by atoms with Crippen LogP contribution in [-0.4, -0.2) is 19.1 Å². The third-order valence-corrected chi connectivity index (χ3v) is 4.06. The van der Waals surface area contributed by atoms with Gasteiger partial charge in [-0.1, -0.05) is 25.0 Å². The number of carbonyl (C=O) groups excluding carboxylic acids is 1. The van der Waals surface area contributed by atoms with Crippen LogP contribution in [0.5, 0.6) is 0 Å². The fourth-order valence-electron chi connectivity index (χ4n) is 2.88. The molecule has 0 bridgehead atoms. The zero-order valence-corrected chi connectivity index (χ0v) is 11.9. The Kier molecular flexibility index (Phi) is 5.53. The van der Waals surface area contributed by atoms with E-state index in [0.29, 0.717) is 18.9 Å². The normalized spacial score (nSPS) is 17.1. The van der Waals surface area contributed by atoms with Crippen molar-refractivity contribution >= 4 is 5.97 Å². The van der Waals surface area contributed by atoms with Crippen LogP contribution in [0.15, 0.2) is 24.3 Å². The molecule has 1 atom stereocenters. The first-order valence-corrected chi connectivity index (χ1v) is 7.23. The Labute approximate surface area is 119 Å². The molecule has 0 aromatic heterocycles. The van der Waals surface area contributed by atoms with Crippen molar-refractivity contribution in [3.63, 3.8) is 0 Å². The molecule has 0 amide bonds. The summed E-state index contributed by atoms with van der Waals surface area (Å²) in [5, 5.41) is 3.44. The molecule has 1 aliphatic rings. The van der Waals surface area contributed by atoms with Crippen LogP contribution in [0.25, 0.3) is 0 Å². The predicted molar refractivity (Wildman–Crippen MR) is 75.6 cm³/mol. The van der Waals surface area contributed by atoms with Crippen molar-refractivity contribution in [2.24, 2.45) is 5.92 Å². The van der Waals surface area contributed by atoms with Crippen molar-refractivity contribution in [1.82, 2.24) is 5.32 Å². The summed E-state index contributed by atoms with van der Waals surface area (Å²) in [4.78, 5) is 11.5. The number of halogens is 1. The second-order valence-corrected chi connectivity index (χ2v) is 5.44. The lowest BCUT2D eigenvalue weighted by atomic mass is 9.95. The van der Waals surface area contributed by atoms with E-state index in [4.69, 9.17) is 4.74 Å². The number of benzene rings is 1. The third-order valence-electron chi connectivity index (χ3n) is 4.06. The van der Waals surface area contributed by atoms with E-state index in [1.54, 1.807) is 12.1 Å². The van der Waals surface area contributed by atoms with Gasteiger partial charge in [0.15, 0.2) is 0 Å². The molecule has 3 nitrogen and oxygen atoms in total. The zero-order chi connectivity index (χ0) is 14.4. The van der Waals surface area contributed by atoms with Crippen molar-refractivity contribution < 1.29 is 13.9 Å². The lowest BCUT2D eigenvalue weighted by Gasteiger charge is -2.24. The number of methoxy groups -OCH3 is 1. The Morgan fingerprint density at radius 3 is 2.60 bits per heavy atom. The molecule has 0 aliphatic heterocycles. The van der Waals surface area contributed by atoms with Crippen LogP contribution in [0.1, 0.15) is 37.7 Å². The molecule has 1 aliphatic carbocycles. The van der Waals surface area contributed by atoms with Gasteiger partial charge in [0.2, 0.25) is 0 Å². The minimum atomic E-state index is -0.226. The monoisotopic (exact) mass is 279 g/mol. The summed E-state index contributed by atoms with van der Waals surface area (Å²) >= 11 is 0. The second-order valence-electron chi connectivity index (χ2n) is 5.44. The van der Waals surface area contributed by atoms with Crippen LogP contribution in [0.3, 0.4) is 0 Å². The van der Waals surface area contributed by atoms with E-state index in [2.05, 4.69) is 5.32 Å². The summed E-state index contributed by atoms with van der Waals surface area (Å²) in [7, 11) is 1.42. The molecule has 1 fully saturated rings. The minimum absolute atomic E-state index is 0.148. The Morgan fingerprint density at radius 1 is 1.35 bits per heavy atom. The first kappa shape index (κ1) is 15.0. The van der Waals surface area contributed by atoms with Gasteiger partial charge in [0.1, 0.15) is 5.82 Å². The average Bonchev–Trinajstić information content (AvgIpc) is 2.99. The van der Waals surface area contributed by atoms with Crippen LogP contribution in [-0.2, 0) is 16.1 Å². The third kappa shape index (κ3) is 4.30. The maximum absolute atomic E-state index is 12.9. The Balaban J connectivity index is 1.92. The highest BCUT2D eigenvalue weighted by Crippen LogP contribution is 2.29. The van der Waals surface area contributed by atoms with E-state index < -0.39 is 0 Å². The highest BCUT2D eigenvalue weighted by atomic mass is 19.1. The van der Waals surface area contributed by atoms with Gasteiger partial charge in [0, 0.05) is 12.6 Å². The van der Waals surface area contributed by atoms with Crippen LogP contribution >= 0.6 is 0 Å². The molecular weight excluding hydrogens is 257 g/mol.